The zero-order chi connectivity index (χ0) is 41.0. The molecule has 0 unspecified atom stereocenters. The molecule has 4 heterocycles. The molecular formula is C37H35F3N10O6S. The molecular weight excluding hydrogens is 770 g/mol. The maximum atomic E-state index is 13.3. The number of hydrogen-bond donors (Lipinski definition) is 4. The lowest BCUT2D eigenvalue weighted by atomic mass is 10.1. The van der Waals surface area contributed by atoms with Crippen LogP contribution < -0.4 is 20.3 Å². The van der Waals surface area contributed by atoms with Crippen LogP contribution in [0.4, 0.5) is 30.5 Å². The van der Waals surface area contributed by atoms with E-state index in [0.29, 0.717) is 78.8 Å². The molecule has 1 aliphatic rings. The number of nitrogens with zero attached hydrogens (tertiary/aromatic N) is 7. The molecule has 1 atom stereocenters. The number of amides is 2. The first-order chi connectivity index (χ1) is 27.1. The minimum absolute atomic E-state index is 0.0806. The van der Waals surface area contributed by atoms with Crippen molar-refractivity contribution in [2.75, 3.05) is 41.0 Å². The molecule has 0 fully saturated rings. The highest BCUT2D eigenvalue weighted by Gasteiger charge is 2.38. The topological polar surface area (TPSA) is 229 Å². The molecule has 0 aliphatic carbocycles. The van der Waals surface area contributed by atoms with Gasteiger partial charge in [0.15, 0.2) is 32.9 Å². The van der Waals surface area contributed by atoms with Crippen molar-refractivity contribution < 1.29 is 41.0 Å². The lowest BCUT2D eigenvalue weighted by molar-refractivity contribution is -0.138. The van der Waals surface area contributed by atoms with Crippen LogP contribution in [0.5, 0.6) is 5.75 Å². The van der Waals surface area contributed by atoms with Gasteiger partial charge in [0, 0.05) is 23.5 Å². The van der Waals surface area contributed by atoms with Crippen molar-refractivity contribution in [3.8, 4) is 34.6 Å². The van der Waals surface area contributed by atoms with Crippen LogP contribution in [-0.2, 0) is 25.6 Å². The Hall–Kier alpha value is -6.46. The van der Waals surface area contributed by atoms with Gasteiger partial charge >= 0.3 is 6.18 Å². The fraction of sp³-hybridized carbons (Fsp3) is 0.297. The van der Waals surface area contributed by atoms with Crippen LogP contribution in [0.15, 0.2) is 72.0 Å². The van der Waals surface area contributed by atoms with Crippen molar-refractivity contribution in [3.63, 3.8) is 0 Å². The summed E-state index contributed by atoms with van der Waals surface area (Å²) in [6, 6.07) is 12.8. The number of benzene rings is 2. The first-order valence-corrected chi connectivity index (χ1v) is 19.1. The number of unbranched alkanes of at least 4 members (excludes halogenated alkanes) is 2. The Kier molecular flexibility index (Phi) is 11.5. The number of hydrogen-bond acceptors (Lipinski definition) is 13. The minimum Gasteiger partial charge on any atom is -0.494 e. The SMILES string of the molecule is Cc1nc(-c2nc[nH]n2)ccc1-c1cnc2c(n1)N(CCCCCOc1ccc(S(=O)(=O)C[C@](C)(O)C(=O)Nc3ccc(C#N)c(C(F)(F)F)c3)cc1)C(=O)CN2. The average Bonchev–Trinajstić information content (AvgIpc) is 3.72. The molecule has 0 radical (unpaired) electrons. The Balaban J connectivity index is 0.989. The number of aromatic nitrogens is 6. The van der Waals surface area contributed by atoms with E-state index in [-0.39, 0.29) is 23.0 Å². The highest BCUT2D eigenvalue weighted by molar-refractivity contribution is 7.91. The van der Waals surface area contributed by atoms with Gasteiger partial charge in [0.05, 0.1) is 52.9 Å². The second-order valence-corrected chi connectivity index (χ2v) is 15.2. The highest BCUT2D eigenvalue weighted by Crippen LogP contribution is 2.34. The normalized spacial score (nSPS) is 13.9. The first kappa shape index (κ1) is 40.2. The second kappa shape index (κ2) is 16.3. The first-order valence-electron chi connectivity index (χ1n) is 17.4. The second-order valence-electron chi connectivity index (χ2n) is 13.2. The summed E-state index contributed by atoms with van der Waals surface area (Å²) in [6.45, 7) is 3.53. The maximum absolute atomic E-state index is 13.3. The van der Waals surface area contributed by atoms with E-state index in [0.717, 1.165) is 24.6 Å². The van der Waals surface area contributed by atoms with Crippen LogP contribution in [0, 0.1) is 18.3 Å². The number of aliphatic hydroxyl groups is 1. The third-order valence-electron chi connectivity index (χ3n) is 8.86. The summed E-state index contributed by atoms with van der Waals surface area (Å²) in [5, 5.41) is 31.5. The summed E-state index contributed by atoms with van der Waals surface area (Å²) in [4.78, 5) is 45.1. The van der Waals surface area contributed by atoms with E-state index in [9.17, 15) is 36.3 Å². The fourth-order valence-corrected chi connectivity index (χ4v) is 7.52. The fourth-order valence-electron chi connectivity index (χ4n) is 5.93. The number of rotatable bonds is 14. The number of nitriles is 1. The number of nitrogens with one attached hydrogen (secondary N) is 3. The van der Waals surface area contributed by atoms with E-state index in [2.05, 4.69) is 35.8 Å². The lowest BCUT2D eigenvalue weighted by Crippen LogP contribution is -2.45. The Morgan fingerprint density at radius 2 is 1.82 bits per heavy atom. The molecule has 3 aromatic heterocycles. The number of aromatic amines is 1. The summed E-state index contributed by atoms with van der Waals surface area (Å²) >= 11 is 0. The number of alkyl halides is 3. The third kappa shape index (κ3) is 9.33. The molecule has 2 aromatic carbocycles. The molecule has 5 aromatic rings. The summed E-state index contributed by atoms with van der Waals surface area (Å²) < 4.78 is 72.0. The summed E-state index contributed by atoms with van der Waals surface area (Å²) in [5.41, 5.74) is -2.29. The molecule has 0 spiro atoms. The third-order valence-corrected chi connectivity index (χ3v) is 10.8. The van der Waals surface area contributed by atoms with E-state index in [1.54, 1.807) is 17.2 Å². The Morgan fingerprint density at radius 3 is 2.51 bits per heavy atom. The number of fused-ring (bicyclic) bond motifs is 1. The van der Waals surface area contributed by atoms with Gasteiger partial charge in [0.25, 0.3) is 5.91 Å². The van der Waals surface area contributed by atoms with Crippen molar-refractivity contribution in [1.29, 1.82) is 5.26 Å². The summed E-state index contributed by atoms with van der Waals surface area (Å²) in [5.74, 6) is -0.739. The van der Waals surface area contributed by atoms with Gasteiger partial charge in [0.1, 0.15) is 17.8 Å². The van der Waals surface area contributed by atoms with E-state index in [1.165, 1.54) is 36.7 Å². The quantitative estimate of drug-likeness (QED) is 0.112. The Morgan fingerprint density at radius 1 is 1.05 bits per heavy atom. The number of halogens is 3. The molecule has 57 heavy (non-hydrogen) atoms. The molecule has 0 saturated heterocycles. The number of aryl methyl sites for hydroxylation is 1. The number of ether oxygens (including phenoxy) is 1. The van der Waals surface area contributed by atoms with Gasteiger partial charge in [-0.1, -0.05) is 0 Å². The number of pyridine rings is 1. The zero-order valence-corrected chi connectivity index (χ0v) is 31.3. The Labute approximate surface area is 324 Å². The largest absolute Gasteiger partial charge is 0.494 e. The van der Waals surface area contributed by atoms with Crippen molar-refractivity contribution in [3.05, 3.63) is 83.9 Å². The van der Waals surface area contributed by atoms with E-state index < -0.39 is 44.4 Å². The number of carbonyl (C=O) groups excluding carboxylic acids is 2. The standard InChI is InChI=1S/C37H35F3N10O6S/c1-22-27(12-13-29(46-22)32-44-21-45-49-32)30-18-42-33-34(48-30)50(31(51)19-43-33)14-4-3-5-15-56-25-8-10-26(11-9-25)57(54,55)20-36(2,53)35(52)47-24-7-6-23(17-41)28(16-24)37(38,39)40/h6-13,16,18,21,53H,3-5,14-15,19-20H2,1-2H3,(H,42,43)(H,47,52)(H,44,45,49)/t36-/m0/s1. The van der Waals surface area contributed by atoms with Gasteiger partial charge in [-0.2, -0.15) is 23.5 Å². The van der Waals surface area contributed by atoms with Crippen LogP contribution in [0.25, 0.3) is 22.8 Å². The molecule has 1 aliphatic heterocycles. The van der Waals surface area contributed by atoms with Gasteiger partial charge in [0.2, 0.25) is 5.91 Å². The van der Waals surface area contributed by atoms with E-state index >= 15 is 0 Å². The molecule has 2 amide bonds. The van der Waals surface area contributed by atoms with E-state index in [1.807, 2.05) is 13.0 Å². The number of H-pyrrole nitrogens is 1. The van der Waals surface area contributed by atoms with Crippen molar-refractivity contribution in [1.82, 2.24) is 30.1 Å². The van der Waals surface area contributed by atoms with Crippen LogP contribution in [0.2, 0.25) is 0 Å². The lowest BCUT2D eigenvalue weighted by Gasteiger charge is -2.28. The summed E-state index contributed by atoms with van der Waals surface area (Å²) in [6.07, 6.45) is 0.142. The van der Waals surface area contributed by atoms with Crippen LogP contribution in [0.3, 0.4) is 0 Å². The molecule has 20 heteroatoms. The molecule has 0 saturated carbocycles. The van der Waals surface area contributed by atoms with Crippen molar-refractivity contribution in [2.24, 2.45) is 0 Å². The predicted octanol–water partition coefficient (Wildman–Crippen LogP) is 4.69. The van der Waals surface area contributed by atoms with Crippen LogP contribution >= 0.6 is 0 Å². The zero-order valence-electron chi connectivity index (χ0n) is 30.5. The monoisotopic (exact) mass is 804 g/mol. The number of sulfone groups is 1. The Bertz CT molecular complexity index is 2440. The van der Waals surface area contributed by atoms with Gasteiger partial charge in [-0.25, -0.2) is 28.4 Å². The smallest absolute Gasteiger partial charge is 0.417 e. The highest BCUT2D eigenvalue weighted by atomic mass is 32.2. The molecule has 296 valence electrons. The average molecular weight is 805 g/mol. The van der Waals surface area contributed by atoms with Gasteiger partial charge < -0.3 is 20.5 Å². The number of carbonyl (C=O) groups is 2. The van der Waals surface area contributed by atoms with Crippen molar-refractivity contribution >= 4 is 39.0 Å². The molecule has 16 nitrogen and oxygen atoms in total. The van der Waals surface area contributed by atoms with Crippen molar-refractivity contribution in [2.45, 2.75) is 49.8 Å². The molecule has 4 N–H and O–H groups in total. The number of anilines is 3. The molecule has 0 bridgehead atoms. The van der Waals surface area contributed by atoms with Gasteiger partial charge in [-0.05, 0) is 87.7 Å². The predicted molar refractivity (Wildman–Crippen MR) is 199 cm³/mol. The van der Waals surface area contributed by atoms with Crippen LogP contribution in [0.1, 0.15) is 43.0 Å². The van der Waals surface area contributed by atoms with E-state index in [4.69, 9.17) is 15.0 Å². The van der Waals surface area contributed by atoms with Gasteiger partial charge in [-0.15, -0.1) is 0 Å². The van der Waals surface area contributed by atoms with Gasteiger partial charge in [-0.3, -0.25) is 19.6 Å². The molecule has 6 rings (SSSR count). The summed E-state index contributed by atoms with van der Waals surface area (Å²) in [7, 11) is -4.26. The minimum atomic E-state index is -4.89. The maximum Gasteiger partial charge on any atom is 0.417 e. The van der Waals surface area contributed by atoms with Crippen LogP contribution in [-0.4, -0.2) is 86.5 Å².